The molecule has 0 saturated heterocycles. The van der Waals surface area contributed by atoms with Gasteiger partial charge in [0.2, 0.25) is 5.91 Å². The van der Waals surface area contributed by atoms with Crippen molar-refractivity contribution < 1.29 is 14.3 Å². The van der Waals surface area contributed by atoms with Crippen molar-refractivity contribution in [2.45, 2.75) is 23.8 Å². The number of aromatic amines is 1. The molecule has 0 aliphatic carbocycles. The van der Waals surface area contributed by atoms with Gasteiger partial charge < -0.3 is 19.8 Å². The van der Waals surface area contributed by atoms with Gasteiger partial charge in [0.15, 0.2) is 5.16 Å². The van der Waals surface area contributed by atoms with Crippen LogP contribution in [0, 0.1) is 0 Å². The number of anilines is 1. The van der Waals surface area contributed by atoms with Gasteiger partial charge in [-0.15, -0.1) is 0 Å². The summed E-state index contributed by atoms with van der Waals surface area (Å²) in [7, 11) is 3.29. The molecule has 0 fully saturated rings. The van der Waals surface area contributed by atoms with Crippen LogP contribution in [0.1, 0.15) is 13.3 Å². The molecule has 7 nitrogen and oxygen atoms in total. The fourth-order valence-corrected chi connectivity index (χ4v) is 4.35. The van der Waals surface area contributed by atoms with Crippen LogP contribution in [0.4, 0.5) is 5.69 Å². The van der Waals surface area contributed by atoms with Gasteiger partial charge in [0.1, 0.15) is 11.5 Å². The van der Waals surface area contributed by atoms with E-state index in [2.05, 4.69) is 15.3 Å². The number of hydrogen-bond acceptors (Lipinski definition) is 6. The number of hydrogen-bond donors (Lipinski definition) is 2. The van der Waals surface area contributed by atoms with Crippen molar-refractivity contribution in [2.24, 2.45) is 0 Å². The van der Waals surface area contributed by atoms with Gasteiger partial charge in [-0.25, -0.2) is 4.98 Å². The monoisotopic (exact) mass is 474 g/mol. The molecular weight excluding hydrogens is 448 g/mol. The number of carbonyl (C=O) groups is 1. The lowest BCUT2D eigenvalue weighted by Crippen LogP contribution is -2.24. The second kappa shape index (κ2) is 10.9. The van der Waals surface area contributed by atoms with E-state index < -0.39 is 0 Å². The molecule has 4 aromatic rings. The maximum absolute atomic E-state index is 12.9. The normalized spacial score (nSPS) is 11.6. The molecule has 1 amide bonds. The number of methoxy groups -OCH3 is 2. The van der Waals surface area contributed by atoms with Crippen molar-refractivity contribution in [3.8, 4) is 34.0 Å². The lowest BCUT2D eigenvalue weighted by atomic mass is 10.0. The van der Waals surface area contributed by atoms with Crippen LogP contribution in [0.15, 0.2) is 78.2 Å². The number of amides is 1. The van der Waals surface area contributed by atoms with Crippen LogP contribution in [-0.4, -0.2) is 40.3 Å². The van der Waals surface area contributed by atoms with Crippen LogP contribution in [0.3, 0.4) is 0 Å². The van der Waals surface area contributed by atoms with Gasteiger partial charge >= 0.3 is 0 Å². The summed E-state index contributed by atoms with van der Waals surface area (Å²) in [4.78, 5) is 25.2. The Balaban J connectivity index is 1.65. The van der Waals surface area contributed by atoms with Gasteiger partial charge in [0.05, 0.1) is 30.9 Å². The van der Waals surface area contributed by atoms with E-state index in [-0.39, 0.29) is 11.2 Å². The largest absolute Gasteiger partial charge is 0.497 e. The molecule has 2 aromatic carbocycles. The minimum atomic E-state index is -0.313. The van der Waals surface area contributed by atoms with Crippen molar-refractivity contribution >= 4 is 23.4 Å². The van der Waals surface area contributed by atoms with Crippen molar-refractivity contribution in [2.75, 3.05) is 19.5 Å². The predicted octanol–water partition coefficient (Wildman–Crippen LogP) is 5.67. The summed E-state index contributed by atoms with van der Waals surface area (Å²) in [6.07, 6.45) is 3.95. The number of imidazole rings is 1. The lowest BCUT2D eigenvalue weighted by molar-refractivity contribution is -0.115. The summed E-state index contributed by atoms with van der Waals surface area (Å²) in [5, 5.41) is 3.32. The van der Waals surface area contributed by atoms with E-state index in [1.54, 1.807) is 38.7 Å². The molecule has 174 valence electrons. The first-order chi connectivity index (χ1) is 16.6. The van der Waals surface area contributed by atoms with E-state index in [1.165, 1.54) is 11.8 Å². The predicted molar refractivity (Wildman–Crippen MR) is 135 cm³/mol. The Bertz CT molecular complexity index is 1160. The maximum atomic E-state index is 12.9. The first kappa shape index (κ1) is 23.4. The van der Waals surface area contributed by atoms with Gasteiger partial charge in [0, 0.05) is 29.2 Å². The summed E-state index contributed by atoms with van der Waals surface area (Å²) in [6, 6.07) is 19.1. The highest BCUT2D eigenvalue weighted by atomic mass is 32.2. The molecule has 0 saturated carbocycles. The van der Waals surface area contributed by atoms with E-state index >= 15 is 0 Å². The molecule has 0 aliphatic heterocycles. The lowest BCUT2D eigenvalue weighted by Gasteiger charge is -2.13. The summed E-state index contributed by atoms with van der Waals surface area (Å²) in [5.41, 5.74) is 4.32. The Morgan fingerprint density at radius 1 is 0.941 bits per heavy atom. The van der Waals surface area contributed by atoms with Crippen LogP contribution >= 0.6 is 11.8 Å². The number of nitrogens with one attached hydrogen (secondary N) is 2. The van der Waals surface area contributed by atoms with E-state index in [9.17, 15) is 4.79 Å². The number of H-pyrrole nitrogens is 1. The maximum Gasteiger partial charge on any atom is 0.237 e. The third-order valence-electron chi connectivity index (χ3n) is 5.29. The van der Waals surface area contributed by atoms with Crippen molar-refractivity contribution in [3.63, 3.8) is 0 Å². The van der Waals surface area contributed by atoms with Crippen LogP contribution in [-0.2, 0) is 4.79 Å². The van der Waals surface area contributed by atoms with E-state index in [1.807, 2.05) is 55.5 Å². The van der Waals surface area contributed by atoms with Gasteiger partial charge in [-0.3, -0.25) is 9.78 Å². The van der Waals surface area contributed by atoms with Crippen molar-refractivity contribution in [3.05, 3.63) is 73.1 Å². The van der Waals surface area contributed by atoms with Gasteiger partial charge in [0.25, 0.3) is 0 Å². The molecule has 2 aromatic heterocycles. The van der Waals surface area contributed by atoms with E-state index in [0.29, 0.717) is 11.6 Å². The first-order valence-electron chi connectivity index (χ1n) is 10.9. The fraction of sp³-hybridized carbons (Fsp3) is 0.192. The molecule has 1 atom stereocenters. The molecule has 8 heteroatoms. The molecule has 0 aliphatic rings. The third-order valence-corrected chi connectivity index (χ3v) is 6.54. The zero-order chi connectivity index (χ0) is 23.9. The minimum Gasteiger partial charge on any atom is -0.497 e. The van der Waals surface area contributed by atoms with Crippen molar-refractivity contribution in [1.29, 1.82) is 0 Å². The molecule has 0 radical (unpaired) electrons. The summed E-state index contributed by atoms with van der Waals surface area (Å²) >= 11 is 1.41. The Kier molecular flexibility index (Phi) is 7.49. The Labute approximate surface area is 203 Å². The number of pyridine rings is 1. The second-order valence-electron chi connectivity index (χ2n) is 7.46. The summed E-state index contributed by atoms with van der Waals surface area (Å²) in [5.74, 6) is 1.48. The van der Waals surface area contributed by atoms with Crippen molar-refractivity contribution in [1.82, 2.24) is 15.0 Å². The summed E-state index contributed by atoms with van der Waals surface area (Å²) in [6.45, 7) is 1.99. The molecule has 0 spiro atoms. The van der Waals surface area contributed by atoms with E-state index in [0.717, 1.165) is 39.7 Å². The number of aromatic nitrogens is 3. The highest BCUT2D eigenvalue weighted by Gasteiger charge is 2.22. The van der Waals surface area contributed by atoms with Crippen LogP contribution in [0.5, 0.6) is 11.5 Å². The number of carbonyl (C=O) groups excluding carboxylic acids is 1. The number of thioether (sulfide) groups is 1. The highest BCUT2D eigenvalue weighted by molar-refractivity contribution is 8.00. The zero-order valence-corrected chi connectivity index (χ0v) is 20.1. The Morgan fingerprint density at radius 2 is 1.53 bits per heavy atom. The quantitative estimate of drug-likeness (QED) is 0.304. The average molecular weight is 475 g/mol. The van der Waals surface area contributed by atoms with Gasteiger partial charge in [-0.05, 0) is 67.1 Å². The molecule has 0 bridgehead atoms. The SMILES string of the molecule is CCC(Sc1nc(-c2ccc(OC)cc2)c(-c2ccc(OC)cc2)[nH]1)C(=O)Nc1ccncc1. The van der Waals surface area contributed by atoms with Crippen LogP contribution in [0.2, 0.25) is 0 Å². The standard InChI is InChI=1S/C26H26N4O3S/c1-4-22(25(31)28-19-13-15-27-16-14-19)34-26-29-23(17-5-9-20(32-2)10-6-17)24(30-26)18-7-11-21(33-3)12-8-18/h5-16,22H,4H2,1-3H3,(H,29,30)(H,27,28,31). The topological polar surface area (TPSA) is 89.1 Å². The number of benzene rings is 2. The highest BCUT2D eigenvalue weighted by Crippen LogP contribution is 2.35. The first-order valence-corrected chi connectivity index (χ1v) is 11.8. The number of ether oxygens (including phenoxy) is 2. The molecule has 34 heavy (non-hydrogen) atoms. The van der Waals surface area contributed by atoms with Gasteiger partial charge in [-0.1, -0.05) is 18.7 Å². The van der Waals surface area contributed by atoms with Crippen LogP contribution in [0.25, 0.3) is 22.5 Å². The molecule has 4 rings (SSSR count). The second-order valence-corrected chi connectivity index (χ2v) is 8.65. The zero-order valence-electron chi connectivity index (χ0n) is 19.2. The number of rotatable bonds is 9. The fourth-order valence-electron chi connectivity index (χ4n) is 3.45. The molecule has 2 N–H and O–H groups in total. The Morgan fingerprint density at radius 3 is 2.09 bits per heavy atom. The average Bonchev–Trinajstić information content (AvgIpc) is 3.31. The summed E-state index contributed by atoms with van der Waals surface area (Å²) < 4.78 is 10.6. The van der Waals surface area contributed by atoms with E-state index in [4.69, 9.17) is 14.5 Å². The minimum absolute atomic E-state index is 0.0768. The molecule has 1 unspecified atom stereocenters. The smallest absolute Gasteiger partial charge is 0.237 e. The van der Waals surface area contributed by atoms with Gasteiger partial charge in [-0.2, -0.15) is 0 Å². The van der Waals surface area contributed by atoms with Crippen LogP contribution < -0.4 is 14.8 Å². The molecular formula is C26H26N4O3S. The number of nitrogens with zero attached hydrogens (tertiary/aromatic N) is 2. The molecule has 2 heterocycles. The Hall–Kier alpha value is -3.78. The third kappa shape index (κ3) is 5.40.